The van der Waals surface area contributed by atoms with Gasteiger partial charge < -0.3 is 20.1 Å². The summed E-state index contributed by atoms with van der Waals surface area (Å²) in [5.41, 5.74) is 2.64. The van der Waals surface area contributed by atoms with Crippen molar-refractivity contribution in [2.45, 2.75) is 6.42 Å². The van der Waals surface area contributed by atoms with Crippen molar-refractivity contribution in [1.29, 1.82) is 0 Å². The topological polar surface area (TPSA) is 96.7 Å². The number of carbonyl (C=O) groups excluding carboxylic acids is 1. The van der Waals surface area contributed by atoms with Crippen LogP contribution in [-0.2, 0) is 11.2 Å². The zero-order valence-corrected chi connectivity index (χ0v) is 19.7. The van der Waals surface area contributed by atoms with Crippen molar-refractivity contribution in [3.8, 4) is 11.4 Å². The Kier molecular flexibility index (Phi) is 6.39. The molecule has 5 rings (SSSR count). The highest BCUT2D eigenvalue weighted by atomic mass is 19.1. The Morgan fingerprint density at radius 3 is 2.39 bits per heavy atom. The summed E-state index contributed by atoms with van der Waals surface area (Å²) in [5, 5.41) is 13.2. The lowest BCUT2D eigenvalue weighted by atomic mass is 10.0. The summed E-state index contributed by atoms with van der Waals surface area (Å²) in [6.07, 6.45) is 2.03. The zero-order valence-electron chi connectivity index (χ0n) is 19.7. The van der Waals surface area contributed by atoms with Gasteiger partial charge >= 0.3 is 0 Å². The molecule has 1 aliphatic heterocycles. The highest BCUT2D eigenvalue weighted by Gasteiger charge is 2.23. The summed E-state index contributed by atoms with van der Waals surface area (Å²) in [5.74, 6) is -1.49. The number of aromatic hydroxyl groups is 1. The molecular weight excluding hydrogens is 463 g/mol. The van der Waals surface area contributed by atoms with Crippen LogP contribution in [0.5, 0.6) is 5.75 Å². The first kappa shape index (κ1) is 23.5. The van der Waals surface area contributed by atoms with Gasteiger partial charge in [0.1, 0.15) is 16.9 Å². The number of hydrogen-bond donors (Lipinski definition) is 2. The number of nitrogens with zero attached hydrogens (tertiary/aromatic N) is 3. The van der Waals surface area contributed by atoms with Gasteiger partial charge in [-0.1, -0.05) is 12.1 Å². The third-order valence-electron chi connectivity index (χ3n) is 6.30. The minimum absolute atomic E-state index is 0.133. The molecule has 3 heterocycles. The monoisotopic (exact) mass is 488 g/mol. The maximum absolute atomic E-state index is 13.5. The van der Waals surface area contributed by atoms with E-state index >= 15 is 0 Å². The van der Waals surface area contributed by atoms with Crippen LogP contribution in [0.2, 0.25) is 0 Å². The van der Waals surface area contributed by atoms with E-state index in [0.29, 0.717) is 30.8 Å². The molecule has 0 saturated carbocycles. The van der Waals surface area contributed by atoms with Gasteiger partial charge in [0.25, 0.3) is 11.5 Å². The van der Waals surface area contributed by atoms with E-state index in [-0.39, 0.29) is 16.9 Å². The molecule has 0 aliphatic carbocycles. The summed E-state index contributed by atoms with van der Waals surface area (Å²) >= 11 is 0. The van der Waals surface area contributed by atoms with Gasteiger partial charge in [-0.25, -0.2) is 4.39 Å². The SMILES string of the molecule is CNC(=O)c1c(O)c2ncc(Cc3ccc(F)cc3)cc2n(-c2ccc(N3CCOCC3)cc2)c1=O. The Balaban J connectivity index is 1.65. The minimum Gasteiger partial charge on any atom is -0.505 e. The van der Waals surface area contributed by atoms with E-state index in [0.717, 1.165) is 29.9 Å². The number of ether oxygens (including phenoxy) is 1. The molecule has 0 atom stereocenters. The van der Waals surface area contributed by atoms with Gasteiger partial charge in [-0.05, 0) is 60.0 Å². The van der Waals surface area contributed by atoms with Crippen LogP contribution >= 0.6 is 0 Å². The Labute approximate surface area is 206 Å². The van der Waals surface area contributed by atoms with Crippen LogP contribution in [0.15, 0.2) is 65.6 Å². The van der Waals surface area contributed by atoms with E-state index in [1.807, 2.05) is 24.3 Å². The second kappa shape index (κ2) is 9.79. The van der Waals surface area contributed by atoms with Crippen molar-refractivity contribution >= 4 is 22.6 Å². The predicted octanol–water partition coefficient (Wildman–Crippen LogP) is 3.02. The normalized spacial score (nSPS) is 13.7. The number of carbonyl (C=O) groups is 1. The fraction of sp³-hybridized carbons (Fsp3) is 0.222. The Bertz CT molecular complexity index is 1480. The first-order valence-corrected chi connectivity index (χ1v) is 11.6. The number of amides is 1. The average Bonchev–Trinajstić information content (AvgIpc) is 2.91. The van der Waals surface area contributed by atoms with Gasteiger partial charge in [0.05, 0.1) is 18.7 Å². The predicted molar refractivity (Wildman–Crippen MR) is 135 cm³/mol. The number of fused-ring (bicyclic) bond motifs is 1. The summed E-state index contributed by atoms with van der Waals surface area (Å²) < 4.78 is 20.1. The van der Waals surface area contributed by atoms with Crippen molar-refractivity contribution < 1.29 is 19.0 Å². The molecule has 1 fully saturated rings. The molecule has 1 aliphatic rings. The summed E-state index contributed by atoms with van der Waals surface area (Å²) in [6, 6.07) is 15.4. The lowest BCUT2D eigenvalue weighted by Gasteiger charge is -2.29. The van der Waals surface area contributed by atoms with Gasteiger partial charge in [0, 0.05) is 37.7 Å². The van der Waals surface area contributed by atoms with Crippen LogP contribution in [-0.4, -0.2) is 53.9 Å². The summed E-state index contributed by atoms with van der Waals surface area (Å²) in [4.78, 5) is 32.7. The quantitative estimate of drug-likeness (QED) is 0.448. The fourth-order valence-corrected chi connectivity index (χ4v) is 4.44. The number of nitrogens with one attached hydrogen (secondary N) is 1. The lowest BCUT2D eigenvalue weighted by molar-refractivity contribution is 0.0959. The van der Waals surface area contributed by atoms with Crippen molar-refractivity contribution in [1.82, 2.24) is 14.9 Å². The Hall–Kier alpha value is -4.24. The molecular formula is C27H25FN4O4. The molecule has 36 heavy (non-hydrogen) atoms. The van der Waals surface area contributed by atoms with Gasteiger partial charge in [0.2, 0.25) is 0 Å². The largest absolute Gasteiger partial charge is 0.505 e. The summed E-state index contributed by atoms with van der Waals surface area (Å²) in [7, 11) is 1.39. The molecule has 2 aromatic heterocycles. The Morgan fingerprint density at radius 2 is 1.72 bits per heavy atom. The number of rotatable bonds is 5. The molecule has 2 N–H and O–H groups in total. The highest BCUT2D eigenvalue weighted by Crippen LogP contribution is 2.28. The van der Waals surface area contributed by atoms with E-state index in [1.54, 1.807) is 24.4 Å². The number of hydrogen-bond acceptors (Lipinski definition) is 6. The van der Waals surface area contributed by atoms with Crippen molar-refractivity contribution in [3.63, 3.8) is 0 Å². The first-order chi connectivity index (χ1) is 17.5. The van der Waals surface area contributed by atoms with Crippen LogP contribution in [0.4, 0.5) is 10.1 Å². The molecule has 4 aromatic rings. The number of benzene rings is 2. The maximum atomic E-state index is 13.5. The highest BCUT2D eigenvalue weighted by molar-refractivity contribution is 6.01. The van der Waals surface area contributed by atoms with Crippen LogP contribution in [0, 0.1) is 5.82 Å². The minimum atomic E-state index is -0.699. The molecule has 8 nitrogen and oxygen atoms in total. The lowest BCUT2D eigenvalue weighted by Crippen LogP contribution is -2.36. The molecule has 2 aromatic carbocycles. The number of morpholine rings is 1. The molecule has 0 bridgehead atoms. The van der Waals surface area contributed by atoms with Gasteiger partial charge in [-0.15, -0.1) is 0 Å². The number of halogens is 1. The third kappa shape index (κ3) is 4.40. The molecule has 0 radical (unpaired) electrons. The van der Waals surface area contributed by atoms with Crippen molar-refractivity contribution in [3.05, 3.63) is 93.7 Å². The van der Waals surface area contributed by atoms with Crippen molar-refractivity contribution in [2.75, 3.05) is 38.3 Å². The summed E-state index contributed by atoms with van der Waals surface area (Å²) in [6.45, 7) is 2.86. The fourth-order valence-electron chi connectivity index (χ4n) is 4.44. The molecule has 1 saturated heterocycles. The average molecular weight is 489 g/mol. The van der Waals surface area contributed by atoms with Gasteiger partial charge in [-0.2, -0.15) is 0 Å². The Morgan fingerprint density at radius 1 is 1.06 bits per heavy atom. The van der Waals surface area contributed by atoms with Crippen LogP contribution in [0.3, 0.4) is 0 Å². The molecule has 0 spiro atoms. The standard InChI is InChI=1S/C27H25FN4O4/c1-29-26(34)23-25(33)24-22(15-18(16-30-24)14-17-2-4-19(28)5-3-17)32(27(23)35)21-8-6-20(7-9-21)31-10-12-36-13-11-31/h2-9,15-16,33H,10-14H2,1H3,(H,29,34). The smallest absolute Gasteiger partial charge is 0.272 e. The second-order valence-electron chi connectivity index (χ2n) is 8.57. The second-order valence-corrected chi connectivity index (χ2v) is 8.57. The van der Waals surface area contributed by atoms with Crippen LogP contribution in [0.1, 0.15) is 21.5 Å². The maximum Gasteiger partial charge on any atom is 0.272 e. The zero-order chi connectivity index (χ0) is 25.2. The number of aromatic nitrogens is 2. The van der Waals surface area contributed by atoms with E-state index in [9.17, 15) is 19.1 Å². The molecule has 184 valence electrons. The number of pyridine rings is 2. The molecule has 1 amide bonds. The molecule has 0 unspecified atom stereocenters. The van der Waals surface area contributed by atoms with Gasteiger partial charge in [0.15, 0.2) is 5.75 Å². The number of anilines is 1. The third-order valence-corrected chi connectivity index (χ3v) is 6.30. The first-order valence-electron chi connectivity index (χ1n) is 11.6. The molecule has 9 heteroatoms. The van der Waals surface area contributed by atoms with E-state index in [1.165, 1.54) is 23.7 Å². The van der Waals surface area contributed by atoms with E-state index in [2.05, 4.69) is 15.2 Å². The van der Waals surface area contributed by atoms with Crippen LogP contribution in [0.25, 0.3) is 16.7 Å². The van der Waals surface area contributed by atoms with Crippen LogP contribution < -0.4 is 15.8 Å². The van der Waals surface area contributed by atoms with Crippen molar-refractivity contribution in [2.24, 2.45) is 0 Å². The van der Waals surface area contributed by atoms with Gasteiger partial charge in [-0.3, -0.25) is 19.1 Å². The van der Waals surface area contributed by atoms with E-state index < -0.39 is 17.2 Å². The van der Waals surface area contributed by atoms with E-state index in [4.69, 9.17) is 4.74 Å².